The van der Waals surface area contributed by atoms with E-state index in [0.29, 0.717) is 5.56 Å². The molecule has 1 saturated carbocycles. The van der Waals surface area contributed by atoms with Gasteiger partial charge in [-0.25, -0.2) is 4.79 Å². The zero-order valence-electron chi connectivity index (χ0n) is 19.0. The molecule has 1 fully saturated rings. The van der Waals surface area contributed by atoms with Gasteiger partial charge in [0, 0.05) is 30.4 Å². The number of carbonyl (C=O) groups is 3. The number of carboxylic acid groups (broad SMARTS) is 1. The number of Topliss-reactive ketones (excluding diaryl/α,β-unsaturated/α-hetero) is 2. The maximum Gasteiger partial charge on any atom is 0.342 e. The van der Waals surface area contributed by atoms with Crippen molar-refractivity contribution in [2.24, 2.45) is 0 Å². The van der Waals surface area contributed by atoms with Gasteiger partial charge in [-0.3, -0.25) is 9.59 Å². The van der Waals surface area contributed by atoms with Gasteiger partial charge in [0.15, 0.2) is 11.5 Å². The first-order valence-electron chi connectivity index (χ1n) is 11.1. The average molecular weight is 504 g/mol. The van der Waals surface area contributed by atoms with Crippen molar-refractivity contribution < 1.29 is 50.1 Å². The molecule has 0 heterocycles. The number of benzene rings is 2. The van der Waals surface area contributed by atoms with Gasteiger partial charge in [-0.05, 0) is 29.8 Å². The summed E-state index contributed by atoms with van der Waals surface area (Å²) in [6.45, 7) is 0. The second-order valence-corrected chi connectivity index (χ2v) is 9.41. The van der Waals surface area contributed by atoms with Gasteiger partial charge < -0.3 is 35.7 Å². The van der Waals surface area contributed by atoms with E-state index in [4.69, 9.17) is 0 Å². The number of aromatic hydroxyl groups is 1. The molecule has 2 aromatic carbocycles. The number of carboxylic acids is 1. The fourth-order valence-electron chi connectivity index (χ4n) is 5.47. The SMILES string of the molecule is O=C(O)C1=C(O)[C@]2(O)C(=O)C3=C(O)c4c(O)ccc(C#Cc5ccccc5)c4C[C@]3(O)C[C@]2(O)CC1=O. The fourth-order valence-corrected chi connectivity index (χ4v) is 5.47. The monoisotopic (exact) mass is 504 g/mol. The van der Waals surface area contributed by atoms with Crippen LogP contribution in [0.25, 0.3) is 5.76 Å². The Hall–Kier alpha value is -4.43. The quantitative estimate of drug-likeness (QED) is 0.214. The van der Waals surface area contributed by atoms with Gasteiger partial charge in [-0.15, -0.1) is 0 Å². The van der Waals surface area contributed by atoms with Gasteiger partial charge >= 0.3 is 5.97 Å². The Labute approximate surface area is 209 Å². The van der Waals surface area contributed by atoms with Crippen LogP contribution in [0.2, 0.25) is 0 Å². The Balaban J connectivity index is 1.73. The maximum absolute atomic E-state index is 13.5. The van der Waals surface area contributed by atoms with E-state index in [1.807, 2.05) is 6.07 Å². The predicted octanol–water partition coefficient (Wildman–Crippen LogP) is 0.653. The lowest BCUT2D eigenvalue weighted by atomic mass is 9.55. The third-order valence-electron chi connectivity index (χ3n) is 7.15. The summed E-state index contributed by atoms with van der Waals surface area (Å²) in [6, 6.07) is 11.5. The van der Waals surface area contributed by atoms with Crippen LogP contribution in [0.4, 0.5) is 0 Å². The highest BCUT2D eigenvalue weighted by atomic mass is 16.4. The second kappa shape index (κ2) is 7.78. The van der Waals surface area contributed by atoms with Gasteiger partial charge in [0.2, 0.25) is 11.4 Å². The zero-order chi connectivity index (χ0) is 26.9. The third kappa shape index (κ3) is 3.22. The van der Waals surface area contributed by atoms with E-state index >= 15 is 0 Å². The number of aliphatic hydroxyl groups excluding tert-OH is 2. The molecule has 2 aromatic rings. The molecule has 5 rings (SSSR count). The molecule has 188 valence electrons. The summed E-state index contributed by atoms with van der Waals surface area (Å²) >= 11 is 0. The Kier molecular flexibility index (Phi) is 5.11. The van der Waals surface area contributed by atoms with Crippen molar-refractivity contribution in [3.63, 3.8) is 0 Å². The Morgan fingerprint density at radius 2 is 1.57 bits per heavy atom. The molecule has 10 nitrogen and oxygen atoms in total. The van der Waals surface area contributed by atoms with Crippen LogP contribution in [0.1, 0.15) is 35.1 Å². The number of phenols is 1. The number of aliphatic carboxylic acids is 1. The summed E-state index contributed by atoms with van der Waals surface area (Å²) in [7, 11) is 0. The van der Waals surface area contributed by atoms with Gasteiger partial charge in [-0.2, -0.15) is 0 Å². The lowest BCUT2D eigenvalue weighted by Crippen LogP contribution is -2.72. The molecule has 3 atom stereocenters. The van der Waals surface area contributed by atoms with Crippen LogP contribution < -0.4 is 0 Å². The topological polar surface area (TPSA) is 193 Å². The van der Waals surface area contributed by atoms with E-state index < -0.39 is 82.0 Å². The molecular formula is C27H20O10. The van der Waals surface area contributed by atoms with E-state index in [0.717, 1.165) is 0 Å². The molecule has 0 amide bonds. The normalized spacial score (nSPS) is 28.6. The minimum absolute atomic E-state index is 0.141. The number of ketones is 2. The Morgan fingerprint density at radius 1 is 0.892 bits per heavy atom. The summed E-state index contributed by atoms with van der Waals surface area (Å²) in [5.41, 5.74) is -9.82. The molecule has 3 aliphatic rings. The average Bonchev–Trinajstić information content (AvgIpc) is 2.81. The smallest absolute Gasteiger partial charge is 0.342 e. The van der Waals surface area contributed by atoms with E-state index in [1.165, 1.54) is 12.1 Å². The third-order valence-corrected chi connectivity index (χ3v) is 7.15. The second-order valence-electron chi connectivity index (χ2n) is 9.41. The van der Waals surface area contributed by atoms with E-state index in [1.54, 1.807) is 24.3 Å². The molecule has 0 radical (unpaired) electrons. The highest BCUT2D eigenvalue weighted by Gasteiger charge is 2.71. The van der Waals surface area contributed by atoms with Crippen LogP contribution in [0, 0.1) is 11.8 Å². The van der Waals surface area contributed by atoms with Gasteiger partial charge in [0.05, 0.1) is 11.1 Å². The zero-order valence-corrected chi connectivity index (χ0v) is 19.0. The number of aliphatic hydroxyl groups is 5. The van der Waals surface area contributed by atoms with E-state index in [2.05, 4.69) is 11.8 Å². The molecule has 3 aliphatic carbocycles. The number of fused-ring (bicyclic) bond motifs is 3. The molecule has 0 saturated heterocycles. The fraction of sp³-hybridized carbons (Fsp3) is 0.222. The summed E-state index contributed by atoms with van der Waals surface area (Å²) < 4.78 is 0. The summed E-state index contributed by atoms with van der Waals surface area (Å²) in [6.07, 6.45) is -2.49. The number of rotatable bonds is 1. The van der Waals surface area contributed by atoms with Crippen molar-refractivity contribution in [1.82, 2.24) is 0 Å². The highest BCUT2D eigenvalue weighted by molar-refractivity contribution is 6.22. The van der Waals surface area contributed by atoms with Crippen LogP contribution in [0.3, 0.4) is 0 Å². The Morgan fingerprint density at radius 3 is 2.22 bits per heavy atom. The number of hydrogen-bond acceptors (Lipinski definition) is 9. The molecule has 0 unspecified atom stereocenters. The molecular weight excluding hydrogens is 484 g/mol. The number of hydrogen-bond donors (Lipinski definition) is 7. The van der Waals surface area contributed by atoms with E-state index in [-0.39, 0.29) is 16.7 Å². The molecule has 0 aliphatic heterocycles. The van der Waals surface area contributed by atoms with Crippen LogP contribution >= 0.6 is 0 Å². The van der Waals surface area contributed by atoms with Gasteiger partial charge in [-0.1, -0.05) is 30.0 Å². The van der Waals surface area contributed by atoms with Crippen LogP contribution in [0.5, 0.6) is 5.75 Å². The molecule has 0 bridgehead atoms. The minimum Gasteiger partial charge on any atom is -0.508 e. The van der Waals surface area contributed by atoms with Crippen molar-refractivity contribution in [1.29, 1.82) is 0 Å². The predicted molar refractivity (Wildman–Crippen MR) is 125 cm³/mol. The molecule has 0 spiro atoms. The molecule has 7 N–H and O–H groups in total. The highest BCUT2D eigenvalue weighted by Crippen LogP contribution is 2.55. The first-order chi connectivity index (χ1) is 17.3. The molecule has 37 heavy (non-hydrogen) atoms. The first-order valence-corrected chi connectivity index (χ1v) is 11.1. The Bertz CT molecular complexity index is 1540. The van der Waals surface area contributed by atoms with Crippen molar-refractivity contribution in [3.8, 4) is 17.6 Å². The summed E-state index contributed by atoms with van der Waals surface area (Å²) in [5.74, 6) is -1.98. The summed E-state index contributed by atoms with van der Waals surface area (Å²) in [4.78, 5) is 37.5. The lowest BCUT2D eigenvalue weighted by molar-refractivity contribution is -0.200. The van der Waals surface area contributed by atoms with Crippen LogP contribution in [0.15, 0.2) is 59.4 Å². The van der Waals surface area contributed by atoms with Crippen molar-refractivity contribution in [3.05, 3.63) is 81.6 Å². The molecule has 10 heteroatoms. The van der Waals surface area contributed by atoms with Crippen molar-refractivity contribution in [2.75, 3.05) is 0 Å². The number of carbonyl (C=O) groups excluding carboxylic acids is 2. The maximum atomic E-state index is 13.5. The first kappa shape index (κ1) is 24.3. The number of phenolic OH excluding ortho intramolecular Hbond substituents is 1. The van der Waals surface area contributed by atoms with Crippen molar-refractivity contribution >= 4 is 23.3 Å². The largest absolute Gasteiger partial charge is 0.508 e. The summed E-state index contributed by atoms with van der Waals surface area (Å²) in [5, 5.41) is 75.5. The standard InChI is InChI=1S/C27H20O10/c28-16-9-8-14(7-6-13-4-2-1-3-5-13)15-10-25(35)12-26(36)11-17(29)19(24(33)34)22(31)27(26,37)23(32)20(25)21(30)18(15)16/h1-5,8-9,28,30-31,35-37H,10-12H2,(H,33,34)/t25-,26+,27-/m0/s1. The van der Waals surface area contributed by atoms with Crippen LogP contribution in [-0.4, -0.2) is 70.1 Å². The van der Waals surface area contributed by atoms with Crippen LogP contribution in [-0.2, 0) is 20.8 Å². The lowest BCUT2D eigenvalue weighted by Gasteiger charge is -2.54. The van der Waals surface area contributed by atoms with Gasteiger partial charge in [0.1, 0.15) is 28.3 Å². The molecule has 0 aromatic heterocycles. The van der Waals surface area contributed by atoms with Gasteiger partial charge in [0.25, 0.3) is 0 Å². The van der Waals surface area contributed by atoms with Crippen molar-refractivity contribution in [2.45, 2.75) is 36.1 Å². The minimum atomic E-state index is -3.35. The van der Waals surface area contributed by atoms with E-state index in [9.17, 15) is 50.1 Å².